The van der Waals surface area contributed by atoms with Gasteiger partial charge in [-0.05, 0) is 41.6 Å². The molecule has 0 aliphatic carbocycles. The van der Waals surface area contributed by atoms with E-state index < -0.39 is 50.8 Å². The Kier molecular flexibility index (Phi) is 9.45. The van der Waals surface area contributed by atoms with Crippen molar-refractivity contribution < 1.29 is 19.0 Å². The molecule has 1 fully saturated rings. The van der Waals surface area contributed by atoms with E-state index in [1.54, 1.807) is 6.92 Å². The number of H-pyrrole nitrogens is 1. The summed E-state index contributed by atoms with van der Waals surface area (Å²) in [6, 6.07) is 9.72. The maximum atomic E-state index is 13.4. The lowest BCUT2D eigenvalue weighted by molar-refractivity contribution is -0.111. The molecule has 2 aromatic rings. The molecule has 10 heteroatoms. The van der Waals surface area contributed by atoms with Crippen LogP contribution in [0.2, 0.25) is 36.3 Å². The Morgan fingerprint density at radius 2 is 1.62 bits per heavy atom. The second-order valence-electron chi connectivity index (χ2n) is 15.6. The number of benzene rings is 1. The third-order valence-electron chi connectivity index (χ3n) is 10.3. The molecule has 2 heterocycles. The van der Waals surface area contributed by atoms with Gasteiger partial charge >= 0.3 is 5.69 Å². The molecule has 0 saturated carbocycles. The van der Waals surface area contributed by atoms with E-state index in [-0.39, 0.29) is 34.8 Å². The summed E-state index contributed by atoms with van der Waals surface area (Å²) in [5.41, 5.74) is -1.52. The molecule has 0 amide bonds. The van der Waals surface area contributed by atoms with Crippen LogP contribution in [0, 0.1) is 5.92 Å². The standard InChI is InChI=1S/C32H54N2O6Si2/c1-22(2)26(23-17-15-14-16-18-23)39-24-19-34(28(36)33-27(24)35)31(9)21-32(37,41(10,11)29(3,4)5)25(40-31)20-38-42(12,13)30(6,7)8/h14-19,22,25-26,37H,20-21H2,1-13H3,(H,33,35,36)/t25-,26?,31-,32-/m1/s1. The van der Waals surface area contributed by atoms with E-state index >= 15 is 0 Å². The van der Waals surface area contributed by atoms with Crippen molar-refractivity contribution >= 4 is 16.4 Å². The smallest absolute Gasteiger partial charge is 0.330 e. The van der Waals surface area contributed by atoms with E-state index in [1.807, 2.05) is 44.2 Å². The fourth-order valence-electron chi connectivity index (χ4n) is 5.40. The van der Waals surface area contributed by atoms with Gasteiger partial charge in [0.25, 0.3) is 5.56 Å². The molecule has 0 radical (unpaired) electrons. The molecule has 42 heavy (non-hydrogen) atoms. The number of aromatic nitrogens is 2. The minimum absolute atomic E-state index is 0.0161. The zero-order chi connectivity index (χ0) is 32.1. The first kappa shape index (κ1) is 34.5. The zero-order valence-corrected chi connectivity index (χ0v) is 30.0. The van der Waals surface area contributed by atoms with Crippen LogP contribution in [-0.4, -0.2) is 49.0 Å². The molecule has 1 aliphatic heterocycles. The summed E-state index contributed by atoms with van der Waals surface area (Å²) in [6.45, 7) is 27.8. The van der Waals surface area contributed by atoms with Gasteiger partial charge in [-0.1, -0.05) is 98.8 Å². The monoisotopic (exact) mass is 618 g/mol. The van der Waals surface area contributed by atoms with Gasteiger partial charge in [-0.25, -0.2) is 4.79 Å². The Labute approximate surface area is 254 Å². The van der Waals surface area contributed by atoms with Crippen LogP contribution in [0.3, 0.4) is 0 Å². The number of nitrogens with zero attached hydrogens (tertiary/aromatic N) is 1. The molecular formula is C32H54N2O6Si2. The van der Waals surface area contributed by atoms with Gasteiger partial charge in [-0.15, -0.1) is 0 Å². The molecule has 1 aliphatic rings. The highest BCUT2D eigenvalue weighted by Crippen LogP contribution is 2.53. The summed E-state index contributed by atoms with van der Waals surface area (Å²) in [4.78, 5) is 28.8. The molecule has 0 spiro atoms. The van der Waals surface area contributed by atoms with Gasteiger partial charge in [0.15, 0.2) is 8.32 Å². The second-order valence-corrected chi connectivity index (χ2v) is 26.1. The minimum Gasteiger partial charge on any atom is -0.478 e. The van der Waals surface area contributed by atoms with Crippen molar-refractivity contribution in [2.45, 2.75) is 128 Å². The predicted molar refractivity (Wildman–Crippen MR) is 174 cm³/mol. The number of aliphatic hydroxyl groups is 1. The van der Waals surface area contributed by atoms with Crippen LogP contribution < -0.4 is 16.0 Å². The van der Waals surface area contributed by atoms with Crippen LogP contribution in [0.25, 0.3) is 0 Å². The Hall–Kier alpha value is -1.99. The molecule has 8 nitrogen and oxygen atoms in total. The molecular weight excluding hydrogens is 565 g/mol. The van der Waals surface area contributed by atoms with Gasteiger partial charge in [0, 0.05) is 6.42 Å². The van der Waals surface area contributed by atoms with Crippen LogP contribution in [0.1, 0.15) is 80.4 Å². The molecule has 236 valence electrons. The van der Waals surface area contributed by atoms with Crippen molar-refractivity contribution in [1.29, 1.82) is 0 Å². The zero-order valence-electron chi connectivity index (χ0n) is 28.0. The number of rotatable bonds is 9. The van der Waals surface area contributed by atoms with Crippen LogP contribution >= 0.6 is 0 Å². The minimum atomic E-state index is -2.50. The Balaban J connectivity index is 2.09. The van der Waals surface area contributed by atoms with Gasteiger partial charge in [0.1, 0.15) is 17.9 Å². The molecule has 3 rings (SSSR count). The molecule has 0 bridgehead atoms. The summed E-state index contributed by atoms with van der Waals surface area (Å²) in [5, 5.41) is 11.2. The molecule has 1 aromatic heterocycles. The van der Waals surface area contributed by atoms with E-state index in [9.17, 15) is 14.7 Å². The van der Waals surface area contributed by atoms with E-state index in [4.69, 9.17) is 13.9 Å². The van der Waals surface area contributed by atoms with E-state index in [2.05, 4.69) is 72.7 Å². The quantitative estimate of drug-likeness (QED) is 0.308. The van der Waals surface area contributed by atoms with Gasteiger partial charge < -0.3 is 19.0 Å². The fourth-order valence-corrected chi connectivity index (χ4v) is 9.42. The molecule has 4 atom stereocenters. The third kappa shape index (κ3) is 6.43. The van der Waals surface area contributed by atoms with Gasteiger partial charge in [0.2, 0.25) is 5.75 Å². The van der Waals surface area contributed by atoms with Crippen molar-refractivity contribution in [1.82, 2.24) is 9.55 Å². The summed E-state index contributed by atoms with van der Waals surface area (Å²) >= 11 is 0. The number of hydrogen-bond donors (Lipinski definition) is 2. The first-order valence-electron chi connectivity index (χ1n) is 15.1. The Morgan fingerprint density at radius 1 is 1.05 bits per heavy atom. The van der Waals surface area contributed by atoms with Crippen LogP contribution in [-0.2, 0) is 14.9 Å². The normalized spacial score (nSPS) is 24.7. The second kappa shape index (κ2) is 11.5. The summed E-state index contributed by atoms with van der Waals surface area (Å²) in [5.74, 6) is 0.0878. The van der Waals surface area contributed by atoms with Gasteiger partial charge in [-0.2, -0.15) is 0 Å². The summed E-state index contributed by atoms with van der Waals surface area (Å²) in [6.07, 6.45) is 0.571. The van der Waals surface area contributed by atoms with Crippen LogP contribution in [0.15, 0.2) is 46.1 Å². The van der Waals surface area contributed by atoms with Gasteiger partial charge in [0.05, 0.1) is 26.1 Å². The van der Waals surface area contributed by atoms with E-state index in [0.717, 1.165) is 5.56 Å². The highest BCUT2D eigenvalue weighted by molar-refractivity contribution is 6.83. The van der Waals surface area contributed by atoms with Crippen molar-refractivity contribution in [2.24, 2.45) is 5.92 Å². The Bertz CT molecular complexity index is 1360. The lowest BCUT2D eigenvalue weighted by Crippen LogP contribution is -2.65. The van der Waals surface area contributed by atoms with Crippen LogP contribution in [0.5, 0.6) is 5.75 Å². The average molecular weight is 619 g/mol. The highest BCUT2D eigenvalue weighted by atomic mass is 28.4. The summed E-state index contributed by atoms with van der Waals surface area (Å²) < 4.78 is 21.0. The molecule has 1 aromatic carbocycles. The van der Waals surface area contributed by atoms with Gasteiger partial charge in [-0.3, -0.25) is 14.3 Å². The fraction of sp³-hybridized carbons (Fsp3) is 0.688. The van der Waals surface area contributed by atoms with Crippen LogP contribution in [0.4, 0.5) is 0 Å². The third-order valence-corrected chi connectivity index (χ3v) is 21.2. The lowest BCUT2D eigenvalue weighted by atomic mass is 9.99. The largest absolute Gasteiger partial charge is 0.478 e. The molecule has 1 saturated heterocycles. The Morgan fingerprint density at radius 3 is 2.12 bits per heavy atom. The molecule has 2 N–H and O–H groups in total. The predicted octanol–water partition coefficient (Wildman–Crippen LogP) is 6.57. The number of ether oxygens (including phenoxy) is 2. The maximum absolute atomic E-state index is 13.4. The van der Waals surface area contributed by atoms with Crippen molar-refractivity contribution in [2.75, 3.05) is 6.61 Å². The maximum Gasteiger partial charge on any atom is 0.330 e. The topological polar surface area (TPSA) is 103 Å². The number of hydrogen-bond acceptors (Lipinski definition) is 6. The molecule has 1 unspecified atom stereocenters. The highest BCUT2D eigenvalue weighted by Gasteiger charge is 2.65. The van der Waals surface area contributed by atoms with Crippen molar-refractivity contribution in [3.8, 4) is 5.75 Å². The van der Waals surface area contributed by atoms with Crippen molar-refractivity contribution in [3.63, 3.8) is 0 Å². The summed E-state index contributed by atoms with van der Waals surface area (Å²) in [7, 11) is -4.67. The SMILES string of the molecule is CC(C)C(Oc1cn([C@@]2(C)C[C@@](O)([Si](C)(C)C(C)(C)C)[C@@H](CO[Si](C)(C)C(C)(C)C)O2)c(=O)[nH]c1=O)c1ccccc1. The average Bonchev–Trinajstić information content (AvgIpc) is 3.13. The number of nitrogens with one attached hydrogen (secondary N) is 1. The lowest BCUT2D eigenvalue weighted by Gasteiger charge is -2.50. The first-order valence-corrected chi connectivity index (χ1v) is 21.0. The number of aromatic amines is 1. The van der Waals surface area contributed by atoms with E-state index in [0.29, 0.717) is 0 Å². The van der Waals surface area contributed by atoms with E-state index in [1.165, 1.54) is 10.8 Å². The van der Waals surface area contributed by atoms with Crippen molar-refractivity contribution in [3.05, 3.63) is 62.9 Å². The first-order chi connectivity index (χ1) is 19.0.